The van der Waals surface area contributed by atoms with Gasteiger partial charge in [0.15, 0.2) is 5.11 Å². The van der Waals surface area contributed by atoms with Crippen LogP contribution < -0.4 is 10.7 Å². The summed E-state index contributed by atoms with van der Waals surface area (Å²) in [5.74, 6) is 0. The summed E-state index contributed by atoms with van der Waals surface area (Å²) in [4.78, 5) is 1.25. The Hall–Kier alpha value is -1.07. The molecule has 0 atom stereocenters. The molecule has 0 radical (unpaired) electrons. The summed E-state index contributed by atoms with van der Waals surface area (Å²) in [5, 5.41) is 7.81. The van der Waals surface area contributed by atoms with E-state index in [-0.39, 0.29) is 0 Å². The maximum atomic E-state index is 5.12. The van der Waals surface area contributed by atoms with E-state index < -0.39 is 0 Å². The second-order valence-corrected chi connectivity index (χ2v) is 5.39. The van der Waals surface area contributed by atoms with Crippen LogP contribution in [0.15, 0.2) is 34.3 Å². The molecule has 1 rings (SSSR count). The van der Waals surface area contributed by atoms with Crippen molar-refractivity contribution >= 4 is 35.3 Å². The number of thiocarbonyl (C=S) groups is 1. The third kappa shape index (κ3) is 7.18. The number of hydrogen-bond acceptors (Lipinski definition) is 3. The largest absolute Gasteiger partial charge is 0.361 e. The highest BCUT2D eigenvalue weighted by molar-refractivity contribution is 7.98. The number of nitrogens with zero attached hydrogens (tertiary/aromatic N) is 1. The molecule has 0 aliphatic heterocycles. The molecule has 19 heavy (non-hydrogen) atoms. The lowest BCUT2D eigenvalue weighted by Gasteiger charge is -2.05. The minimum Gasteiger partial charge on any atom is -0.361 e. The molecule has 0 unspecified atom stereocenters. The fraction of sp³-hybridized carbons (Fsp3) is 0.429. The number of unbranched alkanes of at least 4 members (excludes halogenated alkanes) is 2. The molecule has 104 valence electrons. The van der Waals surface area contributed by atoms with Crippen LogP contribution in [0.1, 0.15) is 31.7 Å². The van der Waals surface area contributed by atoms with Gasteiger partial charge < -0.3 is 5.32 Å². The van der Waals surface area contributed by atoms with Gasteiger partial charge in [-0.15, -0.1) is 11.8 Å². The van der Waals surface area contributed by atoms with Crippen molar-refractivity contribution in [2.24, 2.45) is 5.10 Å². The Balaban J connectivity index is 2.26. The van der Waals surface area contributed by atoms with Crippen LogP contribution >= 0.6 is 24.0 Å². The summed E-state index contributed by atoms with van der Waals surface area (Å²) in [6, 6.07) is 8.23. The lowest BCUT2D eigenvalue weighted by atomic mass is 10.2. The molecule has 1 aromatic rings. The van der Waals surface area contributed by atoms with Crippen LogP contribution in [-0.2, 0) is 0 Å². The molecule has 0 bridgehead atoms. The third-order valence-electron chi connectivity index (χ3n) is 2.56. The quantitative estimate of drug-likeness (QED) is 0.266. The molecule has 5 heteroatoms. The molecule has 2 N–H and O–H groups in total. The Morgan fingerprint density at radius 1 is 1.32 bits per heavy atom. The molecule has 1 aromatic carbocycles. The Bertz CT molecular complexity index is 402. The van der Waals surface area contributed by atoms with Crippen molar-refractivity contribution in [1.29, 1.82) is 0 Å². The van der Waals surface area contributed by atoms with Gasteiger partial charge in [0, 0.05) is 11.4 Å². The van der Waals surface area contributed by atoms with E-state index in [4.69, 9.17) is 12.2 Å². The van der Waals surface area contributed by atoms with Crippen molar-refractivity contribution in [3.8, 4) is 0 Å². The SMILES string of the molecule is CCCCCNC(=S)N/N=C\c1ccc(SC)cc1. The molecular weight excluding hydrogens is 274 g/mol. The summed E-state index contributed by atoms with van der Waals surface area (Å²) in [6.07, 6.45) is 7.41. The van der Waals surface area contributed by atoms with Gasteiger partial charge in [0.2, 0.25) is 0 Å². The van der Waals surface area contributed by atoms with Gasteiger partial charge in [-0.05, 0) is 42.6 Å². The van der Waals surface area contributed by atoms with E-state index in [9.17, 15) is 0 Å². The van der Waals surface area contributed by atoms with Gasteiger partial charge in [-0.2, -0.15) is 5.10 Å². The minimum absolute atomic E-state index is 0.577. The molecule has 0 aliphatic carbocycles. The molecule has 0 spiro atoms. The van der Waals surface area contributed by atoms with Crippen molar-refractivity contribution in [2.75, 3.05) is 12.8 Å². The second kappa shape index (κ2) is 9.81. The van der Waals surface area contributed by atoms with E-state index in [1.165, 1.54) is 17.7 Å². The van der Waals surface area contributed by atoms with E-state index in [2.05, 4.69) is 41.2 Å². The Morgan fingerprint density at radius 2 is 2.05 bits per heavy atom. The first-order valence-electron chi connectivity index (χ1n) is 6.47. The molecule has 0 saturated carbocycles. The Morgan fingerprint density at radius 3 is 2.68 bits per heavy atom. The zero-order chi connectivity index (χ0) is 13.9. The zero-order valence-electron chi connectivity index (χ0n) is 11.5. The second-order valence-electron chi connectivity index (χ2n) is 4.11. The average molecular weight is 295 g/mol. The van der Waals surface area contributed by atoms with Crippen LogP contribution in [0.2, 0.25) is 0 Å². The van der Waals surface area contributed by atoms with Gasteiger partial charge in [0.05, 0.1) is 6.21 Å². The number of benzene rings is 1. The first kappa shape index (κ1) is 16.0. The summed E-state index contributed by atoms with van der Waals surface area (Å²) < 4.78 is 0. The van der Waals surface area contributed by atoms with E-state index in [0.29, 0.717) is 5.11 Å². The Kier molecular flexibility index (Phi) is 8.25. The predicted molar refractivity (Wildman–Crippen MR) is 89.1 cm³/mol. The molecule has 0 amide bonds. The summed E-state index contributed by atoms with van der Waals surface area (Å²) in [5.41, 5.74) is 3.88. The highest BCUT2D eigenvalue weighted by Crippen LogP contribution is 2.13. The number of nitrogens with one attached hydrogen (secondary N) is 2. The average Bonchev–Trinajstić information content (AvgIpc) is 2.44. The first-order chi connectivity index (χ1) is 9.26. The molecule has 0 fully saturated rings. The van der Waals surface area contributed by atoms with E-state index in [0.717, 1.165) is 18.5 Å². The normalized spacial score (nSPS) is 10.6. The molecule has 0 heterocycles. The van der Waals surface area contributed by atoms with Crippen molar-refractivity contribution in [2.45, 2.75) is 31.1 Å². The Labute approximate surface area is 125 Å². The minimum atomic E-state index is 0.577. The van der Waals surface area contributed by atoms with Gasteiger partial charge in [-0.25, -0.2) is 0 Å². The first-order valence-corrected chi connectivity index (χ1v) is 8.10. The number of thioether (sulfide) groups is 1. The van der Waals surface area contributed by atoms with Gasteiger partial charge in [0.1, 0.15) is 0 Å². The molecular formula is C14H21N3S2. The fourth-order valence-corrected chi connectivity index (χ4v) is 2.03. The third-order valence-corrected chi connectivity index (χ3v) is 3.54. The predicted octanol–water partition coefficient (Wildman–Crippen LogP) is 3.40. The zero-order valence-corrected chi connectivity index (χ0v) is 13.1. The smallest absolute Gasteiger partial charge is 0.186 e. The lowest BCUT2D eigenvalue weighted by molar-refractivity contribution is 0.691. The summed E-state index contributed by atoms with van der Waals surface area (Å²) >= 11 is 6.85. The maximum Gasteiger partial charge on any atom is 0.186 e. The van der Waals surface area contributed by atoms with E-state index in [1.54, 1.807) is 18.0 Å². The van der Waals surface area contributed by atoms with Gasteiger partial charge in [-0.1, -0.05) is 31.9 Å². The topological polar surface area (TPSA) is 36.4 Å². The summed E-state index contributed by atoms with van der Waals surface area (Å²) in [7, 11) is 0. The standard InChI is InChI=1S/C14H21N3S2/c1-3-4-5-10-15-14(18)17-16-11-12-6-8-13(19-2)9-7-12/h6-9,11H,3-5,10H2,1-2H3,(H2,15,17,18)/b16-11-. The van der Waals surface area contributed by atoms with Crippen LogP contribution in [0.3, 0.4) is 0 Å². The van der Waals surface area contributed by atoms with Gasteiger partial charge >= 0.3 is 0 Å². The van der Waals surface area contributed by atoms with Crippen LogP contribution in [0.25, 0.3) is 0 Å². The molecule has 0 aliphatic rings. The van der Waals surface area contributed by atoms with E-state index in [1.807, 2.05) is 12.1 Å². The highest BCUT2D eigenvalue weighted by atomic mass is 32.2. The lowest BCUT2D eigenvalue weighted by Crippen LogP contribution is -2.32. The van der Waals surface area contributed by atoms with Crippen LogP contribution in [-0.4, -0.2) is 24.1 Å². The maximum absolute atomic E-state index is 5.12. The highest BCUT2D eigenvalue weighted by Gasteiger charge is 1.93. The molecule has 3 nitrogen and oxygen atoms in total. The number of rotatable bonds is 7. The van der Waals surface area contributed by atoms with E-state index >= 15 is 0 Å². The monoisotopic (exact) mass is 295 g/mol. The van der Waals surface area contributed by atoms with Crippen LogP contribution in [0.4, 0.5) is 0 Å². The van der Waals surface area contributed by atoms with Gasteiger partial charge in [0.25, 0.3) is 0 Å². The summed E-state index contributed by atoms with van der Waals surface area (Å²) in [6.45, 7) is 3.08. The van der Waals surface area contributed by atoms with Crippen molar-refractivity contribution in [3.63, 3.8) is 0 Å². The molecule has 0 saturated heterocycles. The van der Waals surface area contributed by atoms with Crippen LogP contribution in [0, 0.1) is 0 Å². The van der Waals surface area contributed by atoms with Crippen LogP contribution in [0.5, 0.6) is 0 Å². The van der Waals surface area contributed by atoms with Crippen molar-refractivity contribution in [1.82, 2.24) is 10.7 Å². The fourth-order valence-electron chi connectivity index (χ4n) is 1.47. The van der Waals surface area contributed by atoms with Crippen molar-refractivity contribution < 1.29 is 0 Å². The number of hydrazone groups is 1. The number of hydrogen-bond donors (Lipinski definition) is 2. The van der Waals surface area contributed by atoms with Crippen molar-refractivity contribution in [3.05, 3.63) is 29.8 Å². The van der Waals surface area contributed by atoms with Gasteiger partial charge in [-0.3, -0.25) is 5.43 Å². The molecule has 0 aromatic heterocycles.